The molecule has 2 saturated heterocycles. The van der Waals surface area contributed by atoms with Crippen molar-refractivity contribution in [2.75, 3.05) is 6.54 Å². The molecule has 0 bridgehead atoms. The number of hydrogen-bond acceptors (Lipinski definition) is 3. The Morgan fingerprint density at radius 3 is 2.95 bits per heavy atom. The molecule has 2 aliphatic heterocycles. The Kier molecular flexibility index (Phi) is 4.39. The zero-order valence-electron chi connectivity index (χ0n) is 10.6. The van der Waals surface area contributed by atoms with E-state index in [1.165, 1.54) is 32.2 Å². The van der Waals surface area contributed by atoms with Crippen molar-refractivity contribution >= 4 is 35.9 Å². The van der Waals surface area contributed by atoms with Gasteiger partial charge in [-0.25, -0.2) is 0 Å². The largest absolute Gasteiger partial charge is 0.458 e. The molecule has 2 atom stereocenters. The number of fused-ring (bicyclic) bond motifs is 2. The van der Waals surface area contributed by atoms with E-state index in [4.69, 9.17) is 4.42 Å². The molecular formula is C14H18Cl2N2O. The molecule has 0 spiro atoms. The van der Waals surface area contributed by atoms with E-state index < -0.39 is 0 Å². The molecule has 0 saturated carbocycles. The lowest BCUT2D eigenvalue weighted by Crippen LogP contribution is -2.25. The minimum Gasteiger partial charge on any atom is -0.458 e. The van der Waals surface area contributed by atoms with Gasteiger partial charge in [0.1, 0.15) is 11.3 Å². The van der Waals surface area contributed by atoms with Crippen molar-refractivity contribution in [3.05, 3.63) is 30.2 Å². The Balaban J connectivity index is 0.000000667. The second-order valence-electron chi connectivity index (χ2n) is 5.16. The molecule has 2 aliphatic rings. The van der Waals surface area contributed by atoms with Crippen LogP contribution in [0.3, 0.4) is 0 Å². The Bertz CT molecular complexity index is 524. The molecule has 0 radical (unpaired) electrons. The van der Waals surface area contributed by atoms with Gasteiger partial charge in [-0.2, -0.15) is 0 Å². The molecule has 19 heavy (non-hydrogen) atoms. The highest BCUT2D eigenvalue weighted by molar-refractivity contribution is 5.85. The van der Waals surface area contributed by atoms with Crippen LogP contribution in [0.5, 0.6) is 0 Å². The van der Waals surface area contributed by atoms with Gasteiger partial charge in [-0.3, -0.25) is 9.88 Å². The van der Waals surface area contributed by atoms with E-state index in [2.05, 4.69) is 16.0 Å². The lowest BCUT2D eigenvalue weighted by atomic mass is 10.1. The van der Waals surface area contributed by atoms with E-state index in [0.29, 0.717) is 6.04 Å². The van der Waals surface area contributed by atoms with Crippen LogP contribution in [-0.2, 0) is 0 Å². The quantitative estimate of drug-likeness (QED) is 0.798. The summed E-state index contributed by atoms with van der Waals surface area (Å²) in [5.74, 6) is 1.11. The van der Waals surface area contributed by atoms with Gasteiger partial charge in [-0.15, -0.1) is 24.8 Å². The topological polar surface area (TPSA) is 29.3 Å². The van der Waals surface area contributed by atoms with Crippen molar-refractivity contribution in [1.82, 2.24) is 9.88 Å². The zero-order valence-corrected chi connectivity index (χ0v) is 12.3. The van der Waals surface area contributed by atoms with Crippen LogP contribution in [0.4, 0.5) is 0 Å². The Labute approximate surface area is 125 Å². The molecule has 0 unspecified atom stereocenters. The fourth-order valence-corrected chi connectivity index (χ4v) is 3.45. The summed E-state index contributed by atoms with van der Waals surface area (Å²) in [5, 5.41) is 0. The molecule has 0 amide bonds. The lowest BCUT2D eigenvalue weighted by Gasteiger charge is -2.21. The van der Waals surface area contributed by atoms with Gasteiger partial charge in [0.05, 0.1) is 6.04 Å². The highest BCUT2D eigenvalue weighted by Crippen LogP contribution is 2.42. The second-order valence-corrected chi connectivity index (χ2v) is 5.16. The molecule has 2 aromatic heterocycles. The van der Waals surface area contributed by atoms with Crippen LogP contribution >= 0.6 is 24.8 Å². The summed E-state index contributed by atoms with van der Waals surface area (Å²) in [7, 11) is 0. The average molecular weight is 301 g/mol. The molecule has 3 nitrogen and oxygen atoms in total. The summed E-state index contributed by atoms with van der Waals surface area (Å²) in [5.41, 5.74) is 1.91. The monoisotopic (exact) mass is 300 g/mol. The van der Waals surface area contributed by atoms with Crippen LogP contribution in [0, 0.1) is 0 Å². The second kappa shape index (κ2) is 5.70. The zero-order chi connectivity index (χ0) is 11.2. The third-order valence-corrected chi connectivity index (χ3v) is 4.23. The normalized spacial score (nSPS) is 25.9. The summed E-state index contributed by atoms with van der Waals surface area (Å²) < 4.78 is 5.96. The molecule has 2 fully saturated rings. The minimum absolute atomic E-state index is 0. The number of furan rings is 1. The summed E-state index contributed by atoms with van der Waals surface area (Å²) in [4.78, 5) is 6.97. The van der Waals surface area contributed by atoms with E-state index in [1.54, 1.807) is 0 Å². The average Bonchev–Trinajstić information content (AvgIpc) is 3.02. The van der Waals surface area contributed by atoms with E-state index in [1.807, 2.05) is 18.3 Å². The van der Waals surface area contributed by atoms with Crippen LogP contribution in [0.25, 0.3) is 11.1 Å². The molecular weight excluding hydrogens is 283 g/mol. The van der Waals surface area contributed by atoms with Crippen LogP contribution in [0.2, 0.25) is 0 Å². The van der Waals surface area contributed by atoms with Gasteiger partial charge in [0.2, 0.25) is 0 Å². The number of nitrogens with zero attached hydrogens (tertiary/aromatic N) is 2. The van der Waals surface area contributed by atoms with Crippen molar-refractivity contribution in [2.24, 2.45) is 0 Å². The van der Waals surface area contributed by atoms with E-state index in [9.17, 15) is 0 Å². The van der Waals surface area contributed by atoms with Gasteiger partial charge < -0.3 is 4.42 Å². The smallest absolute Gasteiger partial charge is 0.152 e. The number of halogens is 2. The Morgan fingerprint density at radius 1 is 1.21 bits per heavy atom. The van der Waals surface area contributed by atoms with Crippen molar-refractivity contribution in [1.29, 1.82) is 0 Å². The summed E-state index contributed by atoms with van der Waals surface area (Å²) in [6, 6.07) is 7.36. The Morgan fingerprint density at radius 2 is 2.11 bits per heavy atom. The predicted molar refractivity (Wildman–Crippen MR) is 80.2 cm³/mol. The third-order valence-electron chi connectivity index (χ3n) is 4.23. The first-order valence-corrected chi connectivity index (χ1v) is 6.52. The van der Waals surface area contributed by atoms with Gasteiger partial charge in [-0.05, 0) is 44.4 Å². The van der Waals surface area contributed by atoms with Crippen molar-refractivity contribution in [3.63, 3.8) is 0 Å². The first kappa shape index (κ1) is 14.6. The SMILES string of the molecule is Cl.Cl.c1cnc2cc([C@H]3CC[C@H]4CCCN43)oc2c1. The minimum atomic E-state index is 0. The van der Waals surface area contributed by atoms with Gasteiger partial charge in [0.15, 0.2) is 5.58 Å². The van der Waals surface area contributed by atoms with Gasteiger partial charge in [-0.1, -0.05) is 0 Å². The molecule has 0 N–H and O–H groups in total. The first-order chi connectivity index (χ1) is 8.42. The number of rotatable bonds is 1. The van der Waals surface area contributed by atoms with Crippen molar-refractivity contribution < 1.29 is 4.42 Å². The highest BCUT2D eigenvalue weighted by Gasteiger charge is 2.38. The summed E-state index contributed by atoms with van der Waals surface area (Å²) >= 11 is 0. The third kappa shape index (κ3) is 2.35. The molecule has 5 heteroatoms. The van der Waals surface area contributed by atoms with Gasteiger partial charge in [0, 0.05) is 18.3 Å². The number of aromatic nitrogens is 1. The maximum absolute atomic E-state index is 5.96. The molecule has 4 rings (SSSR count). The van der Waals surface area contributed by atoms with Crippen LogP contribution in [0.1, 0.15) is 37.5 Å². The fraction of sp³-hybridized carbons (Fsp3) is 0.500. The van der Waals surface area contributed by atoms with E-state index in [0.717, 1.165) is 22.9 Å². The van der Waals surface area contributed by atoms with Crippen molar-refractivity contribution in [2.45, 2.75) is 37.8 Å². The molecule has 2 aromatic rings. The van der Waals surface area contributed by atoms with Gasteiger partial charge in [0.25, 0.3) is 0 Å². The van der Waals surface area contributed by atoms with Crippen molar-refractivity contribution in [3.8, 4) is 0 Å². The van der Waals surface area contributed by atoms with Crippen LogP contribution in [0.15, 0.2) is 28.8 Å². The molecule has 104 valence electrons. The maximum atomic E-state index is 5.96. The van der Waals surface area contributed by atoms with Gasteiger partial charge >= 0.3 is 0 Å². The van der Waals surface area contributed by atoms with Crippen LogP contribution in [-0.4, -0.2) is 22.5 Å². The Hall–Kier alpha value is -0.770. The number of pyridine rings is 1. The van der Waals surface area contributed by atoms with E-state index >= 15 is 0 Å². The summed E-state index contributed by atoms with van der Waals surface area (Å²) in [6.45, 7) is 1.24. The maximum Gasteiger partial charge on any atom is 0.152 e. The fourth-order valence-electron chi connectivity index (χ4n) is 3.45. The molecule has 0 aromatic carbocycles. The lowest BCUT2D eigenvalue weighted by molar-refractivity contribution is 0.225. The predicted octanol–water partition coefficient (Wildman–Crippen LogP) is 3.97. The summed E-state index contributed by atoms with van der Waals surface area (Å²) in [6.07, 6.45) is 7.11. The molecule has 0 aliphatic carbocycles. The highest BCUT2D eigenvalue weighted by atomic mass is 35.5. The number of hydrogen-bond donors (Lipinski definition) is 0. The van der Waals surface area contributed by atoms with Crippen LogP contribution < -0.4 is 0 Å². The molecule has 4 heterocycles. The first-order valence-electron chi connectivity index (χ1n) is 6.52. The van der Waals surface area contributed by atoms with E-state index in [-0.39, 0.29) is 24.8 Å². The standard InChI is InChI=1S/C14H16N2O.2ClH/c1-4-13-11(15-7-1)9-14(17-13)12-6-5-10-3-2-8-16(10)12;;/h1,4,7,9-10,12H,2-3,5-6,8H2;2*1H/t10-,12-;;/m1../s1.